The van der Waals surface area contributed by atoms with Crippen molar-refractivity contribution in [2.75, 3.05) is 0 Å². The van der Waals surface area contributed by atoms with Crippen LogP contribution < -0.4 is 14.7 Å². The summed E-state index contributed by atoms with van der Waals surface area (Å²) in [5, 5.41) is 3.74. The van der Waals surface area contributed by atoms with E-state index in [-0.39, 0.29) is 0 Å². The molecule has 1 aromatic heterocycles. The molecule has 2 rings (SSSR count). The number of fused-ring (bicyclic) bond motifs is 1. The van der Waals surface area contributed by atoms with Crippen molar-refractivity contribution in [3.05, 3.63) is 16.1 Å². The summed E-state index contributed by atoms with van der Waals surface area (Å²) in [4.78, 5) is 0. The molecule has 0 bridgehead atoms. The Morgan fingerprint density at radius 2 is 2.67 bits per heavy atom. The number of nitrogens with zero attached hydrogens (tertiary/aromatic N) is 3. The second-order valence-electron chi connectivity index (χ2n) is 1.54. The monoisotopic (exact) mass is 136 g/mol. The molecule has 0 amide bonds. The van der Waals surface area contributed by atoms with E-state index < -0.39 is 0 Å². The average Bonchev–Trinajstić information content (AvgIpc) is 2.33. The zero-order valence-electron chi connectivity index (χ0n) is 4.40. The standard InChI is InChI=1S/C5H2N3S/c1-2-4-5(6-3-1)7-8-9-4/h1-2H/q+1. The third-order valence-corrected chi connectivity index (χ3v) is 1.65. The maximum Gasteiger partial charge on any atom is 0.470 e. The van der Waals surface area contributed by atoms with Gasteiger partial charge in [-0.15, -0.1) is 4.67 Å². The molecule has 1 aliphatic rings. The molecule has 42 valence electrons. The maximum absolute atomic E-state index is 3.85. The molecule has 1 aliphatic heterocycles. The summed E-state index contributed by atoms with van der Waals surface area (Å²) < 4.78 is 8.57. The highest BCUT2D eigenvalue weighted by Gasteiger charge is 2.02. The fourth-order valence-corrected chi connectivity index (χ4v) is 1.09. The van der Waals surface area contributed by atoms with Crippen LogP contribution in [0.2, 0.25) is 0 Å². The van der Waals surface area contributed by atoms with E-state index in [4.69, 9.17) is 0 Å². The Hall–Kier alpha value is -1.21. The first-order valence-corrected chi connectivity index (χ1v) is 3.19. The smallest absolute Gasteiger partial charge is 0.145 e. The van der Waals surface area contributed by atoms with Gasteiger partial charge >= 0.3 is 5.49 Å². The van der Waals surface area contributed by atoms with Crippen LogP contribution in [0.4, 0.5) is 0 Å². The fourth-order valence-electron chi connectivity index (χ4n) is 0.587. The Labute approximate surface area is 54.6 Å². The summed E-state index contributed by atoms with van der Waals surface area (Å²) in [6, 6.07) is 0. The summed E-state index contributed by atoms with van der Waals surface area (Å²) in [7, 11) is 0. The van der Waals surface area contributed by atoms with E-state index in [0.717, 1.165) is 4.53 Å². The van der Waals surface area contributed by atoms with E-state index in [1.807, 2.05) is 6.08 Å². The van der Waals surface area contributed by atoms with E-state index in [9.17, 15) is 0 Å². The lowest BCUT2D eigenvalue weighted by atomic mass is 10.5. The minimum Gasteiger partial charge on any atom is -0.145 e. The Kier molecular flexibility index (Phi) is 0.846. The molecule has 9 heavy (non-hydrogen) atoms. The molecular weight excluding hydrogens is 134 g/mol. The van der Waals surface area contributed by atoms with Crippen LogP contribution in [0.3, 0.4) is 0 Å². The molecule has 0 aromatic carbocycles. The molecule has 4 heteroatoms. The summed E-state index contributed by atoms with van der Waals surface area (Å²) in [6.45, 7) is 0. The van der Waals surface area contributed by atoms with Crippen molar-refractivity contribution in [3.8, 4) is 0 Å². The van der Waals surface area contributed by atoms with Crippen molar-refractivity contribution in [2.24, 2.45) is 0 Å². The van der Waals surface area contributed by atoms with Crippen LogP contribution in [0.5, 0.6) is 0 Å². The Bertz CT molecular complexity index is 404. The lowest BCUT2D eigenvalue weighted by Crippen LogP contribution is -2.25. The van der Waals surface area contributed by atoms with Crippen LogP contribution in [0.1, 0.15) is 0 Å². The van der Waals surface area contributed by atoms with Gasteiger partial charge in [0.15, 0.2) is 10.4 Å². The van der Waals surface area contributed by atoms with Gasteiger partial charge in [-0.3, -0.25) is 0 Å². The second-order valence-corrected chi connectivity index (χ2v) is 2.32. The van der Waals surface area contributed by atoms with Crippen molar-refractivity contribution < 1.29 is 0 Å². The van der Waals surface area contributed by atoms with E-state index in [0.29, 0.717) is 5.49 Å². The number of aromatic nitrogens is 2. The SMILES string of the molecule is C1=CC=c2snnc2=[N+]=1. The lowest BCUT2D eigenvalue weighted by molar-refractivity contribution is 1.05. The van der Waals surface area contributed by atoms with Crippen LogP contribution in [0, 0.1) is 0 Å². The summed E-state index contributed by atoms with van der Waals surface area (Å²) in [5.41, 5.74) is 0.683. The average molecular weight is 136 g/mol. The first-order valence-electron chi connectivity index (χ1n) is 2.42. The predicted molar refractivity (Wildman–Crippen MR) is 34.4 cm³/mol. The number of hydrogen-bond donors (Lipinski definition) is 0. The lowest BCUT2D eigenvalue weighted by Gasteiger charge is -1.60. The van der Waals surface area contributed by atoms with Gasteiger partial charge in [-0.1, -0.05) is 0 Å². The largest absolute Gasteiger partial charge is 0.470 e. The molecule has 0 saturated heterocycles. The zero-order valence-corrected chi connectivity index (χ0v) is 5.22. The van der Waals surface area contributed by atoms with Crippen molar-refractivity contribution in [3.63, 3.8) is 0 Å². The molecule has 0 N–H and O–H groups in total. The van der Waals surface area contributed by atoms with E-state index in [2.05, 4.69) is 20.1 Å². The quantitative estimate of drug-likeness (QED) is 0.397. The van der Waals surface area contributed by atoms with Gasteiger partial charge in [0.1, 0.15) is 5.10 Å². The van der Waals surface area contributed by atoms with Crippen molar-refractivity contribution in [1.29, 1.82) is 0 Å². The molecule has 0 aliphatic carbocycles. The number of rotatable bonds is 0. The zero-order chi connectivity index (χ0) is 6.10. The van der Waals surface area contributed by atoms with Crippen LogP contribution in [-0.2, 0) is 0 Å². The van der Waals surface area contributed by atoms with Gasteiger partial charge in [0.25, 0.3) is 0 Å². The first kappa shape index (κ1) is 4.65. The van der Waals surface area contributed by atoms with Gasteiger partial charge in [0.05, 0.1) is 0 Å². The van der Waals surface area contributed by atoms with E-state index in [1.54, 1.807) is 6.08 Å². The minimum absolute atomic E-state index is 0.683. The van der Waals surface area contributed by atoms with Crippen LogP contribution in [0.25, 0.3) is 6.08 Å². The van der Waals surface area contributed by atoms with Crippen LogP contribution >= 0.6 is 11.5 Å². The highest BCUT2D eigenvalue weighted by molar-refractivity contribution is 7.03. The maximum atomic E-state index is 3.85. The summed E-state index contributed by atoms with van der Waals surface area (Å²) >= 11 is 1.34. The fraction of sp³-hybridized carbons (Fsp3) is 0. The molecule has 0 saturated carbocycles. The molecule has 1 aromatic rings. The molecule has 0 spiro atoms. The van der Waals surface area contributed by atoms with Gasteiger partial charge in [-0.2, -0.15) is 0 Å². The molecule has 0 atom stereocenters. The molecule has 2 heterocycles. The molecule has 0 unspecified atom stereocenters. The van der Waals surface area contributed by atoms with Crippen molar-refractivity contribution in [2.45, 2.75) is 0 Å². The Balaban J connectivity index is 3.23. The molecule has 3 nitrogen and oxygen atoms in total. The van der Waals surface area contributed by atoms with Crippen molar-refractivity contribution in [1.82, 2.24) is 14.3 Å². The highest BCUT2D eigenvalue weighted by Crippen LogP contribution is 1.69. The number of hydrogen-bond acceptors (Lipinski definition) is 3. The number of allylic oxidation sites excluding steroid dienone is 1. The summed E-state index contributed by atoms with van der Waals surface area (Å²) in [5.74, 6) is 2.68. The normalized spacial score (nSPS) is 12.0. The third-order valence-electron chi connectivity index (χ3n) is 0.975. The molecule has 0 radical (unpaired) electrons. The van der Waals surface area contributed by atoms with Crippen molar-refractivity contribution >= 4 is 23.5 Å². The topological polar surface area (TPSA) is 39.9 Å². The summed E-state index contributed by atoms with van der Waals surface area (Å²) in [6.07, 6.45) is 3.65. The van der Waals surface area contributed by atoms with Crippen LogP contribution in [0.15, 0.2) is 6.08 Å². The minimum atomic E-state index is 0.683. The Morgan fingerprint density at radius 1 is 1.67 bits per heavy atom. The predicted octanol–water partition coefficient (Wildman–Crippen LogP) is -1.76. The van der Waals surface area contributed by atoms with E-state index in [1.165, 1.54) is 11.5 Å². The Morgan fingerprint density at radius 3 is 3.56 bits per heavy atom. The molecule has 0 fully saturated rings. The van der Waals surface area contributed by atoms with Gasteiger partial charge in [0.2, 0.25) is 0 Å². The highest BCUT2D eigenvalue weighted by atomic mass is 32.1. The van der Waals surface area contributed by atoms with Gasteiger partial charge in [-0.05, 0) is 6.08 Å². The molecular formula is C5H2N3S+. The van der Waals surface area contributed by atoms with Gasteiger partial charge < -0.3 is 0 Å². The first-order chi connectivity index (χ1) is 4.47. The van der Waals surface area contributed by atoms with E-state index >= 15 is 0 Å². The third kappa shape index (κ3) is 0.625. The second kappa shape index (κ2) is 1.64. The van der Waals surface area contributed by atoms with Gasteiger partial charge in [0, 0.05) is 22.1 Å². The van der Waals surface area contributed by atoms with Crippen LogP contribution in [-0.4, -0.2) is 15.5 Å². The van der Waals surface area contributed by atoms with Gasteiger partial charge in [-0.25, -0.2) is 0 Å².